The molecule has 11 heteroatoms. The number of thiazole rings is 1. The maximum Gasteiger partial charge on any atom is 0.292 e. The standard InChI is InChI=1S/C25H27FN6O3S/c1-31(16-6-9-32(10-7-16)25(35)21-13-36-14-28-21)24(34)18-11-15(4-5-19(18)26)12-20-22-17(3-2-8-27-22)23(33)30-29-20/h4-5,11,13-14,16,20,27H,2-3,6-10,12H2,1H3. The largest absolute Gasteiger partial charge is 0.386 e. The fraction of sp³-hybridized carbons (Fsp3) is 0.440. The maximum absolute atomic E-state index is 14.8. The number of nitrogens with zero attached hydrogens (tertiary/aromatic N) is 5. The maximum atomic E-state index is 14.8. The van der Waals surface area contributed by atoms with Gasteiger partial charge in [0, 0.05) is 55.8 Å². The van der Waals surface area contributed by atoms with E-state index >= 15 is 0 Å². The second-order valence-electron chi connectivity index (χ2n) is 9.29. The quantitative estimate of drug-likeness (QED) is 0.665. The molecule has 1 unspecified atom stereocenters. The monoisotopic (exact) mass is 510 g/mol. The number of carbonyl (C=O) groups excluding carboxylic acids is 3. The lowest BCUT2D eigenvalue weighted by atomic mass is 9.93. The molecule has 0 bridgehead atoms. The zero-order chi connectivity index (χ0) is 25.2. The fourth-order valence-corrected chi connectivity index (χ4v) is 5.56. The molecule has 4 heterocycles. The average molecular weight is 511 g/mol. The smallest absolute Gasteiger partial charge is 0.292 e. The van der Waals surface area contributed by atoms with Crippen LogP contribution >= 0.6 is 11.3 Å². The van der Waals surface area contributed by atoms with Crippen molar-refractivity contribution in [2.75, 3.05) is 26.7 Å². The summed E-state index contributed by atoms with van der Waals surface area (Å²) in [6.45, 7) is 1.79. The molecule has 3 aliphatic rings. The number of piperidine rings is 1. The first-order valence-electron chi connectivity index (χ1n) is 12.1. The normalized spacial score (nSPS) is 20.2. The van der Waals surface area contributed by atoms with Crippen LogP contribution in [-0.2, 0) is 11.2 Å². The van der Waals surface area contributed by atoms with Gasteiger partial charge in [0.25, 0.3) is 17.7 Å². The number of benzene rings is 1. The highest BCUT2D eigenvalue weighted by Crippen LogP contribution is 2.28. The molecular weight excluding hydrogens is 483 g/mol. The summed E-state index contributed by atoms with van der Waals surface area (Å²) in [5.41, 5.74) is 4.27. The predicted molar refractivity (Wildman–Crippen MR) is 131 cm³/mol. The lowest BCUT2D eigenvalue weighted by molar-refractivity contribution is -0.115. The lowest BCUT2D eigenvalue weighted by Crippen LogP contribution is -2.47. The highest BCUT2D eigenvalue weighted by atomic mass is 32.1. The summed E-state index contributed by atoms with van der Waals surface area (Å²) in [5, 5.41) is 13.0. The van der Waals surface area contributed by atoms with Crippen molar-refractivity contribution in [3.63, 3.8) is 0 Å². The van der Waals surface area contributed by atoms with Crippen molar-refractivity contribution in [3.8, 4) is 0 Å². The Morgan fingerprint density at radius 2 is 2.08 bits per heavy atom. The third-order valence-electron chi connectivity index (χ3n) is 7.08. The van der Waals surface area contributed by atoms with Crippen LogP contribution in [0.1, 0.15) is 52.1 Å². The van der Waals surface area contributed by atoms with Gasteiger partial charge in [-0.05, 0) is 43.4 Å². The van der Waals surface area contributed by atoms with Crippen LogP contribution < -0.4 is 5.32 Å². The van der Waals surface area contributed by atoms with Crippen LogP contribution in [0.3, 0.4) is 0 Å². The van der Waals surface area contributed by atoms with Gasteiger partial charge in [0.15, 0.2) is 0 Å². The Morgan fingerprint density at radius 1 is 1.28 bits per heavy atom. The van der Waals surface area contributed by atoms with Gasteiger partial charge < -0.3 is 15.1 Å². The van der Waals surface area contributed by atoms with E-state index in [2.05, 4.69) is 20.5 Å². The van der Waals surface area contributed by atoms with Gasteiger partial charge >= 0.3 is 0 Å². The van der Waals surface area contributed by atoms with E-state index in [1.54, 1.807) is 39.9 Å². The average Bonchev–Trinajstić information content (AvgIpc) is 3.45. The predicted octanol–water partition coefficient (Wildman–Crippen LogP) is 3.20. The highest BCUT2D eigenvalue weighted by Gasteiger charge is 2.31. The van der Waals surface area contributed by atoms with E-state index in [1.807, 2.05) is 0 Å². The van der Waals surface area contributed by atoms with Crippen LogP contribution in [0.5, 0.6) is 0 Å². The number of halogens is 1. The van der Waals surface area contributed by atoms with Gasteiger partial charge in [0.1, 0.15) is 17.6 Å². The Morgan fingerprint density at radius 3 is 2.83 bits per heavy atom. The molecule has 36 heavy (non-hydrogen) atoms. The van der Waals surface area contributed by atoms with Crippen LogP contribution in [0, 0.1) is 5.82 Å². The molecule has 1 aromatic heterocycles. The van der Waals surface area contributed by atoms with E-state index in [9.17, 15) is 18.8 Å². The Hall–Kier alpha value is -3.47. The minimum absolute atomic E-state index is 0.00519. The number of rotatable bonds is 5. The van der Waals surface area contributed by atoms with E-state index in [1.165, 1.54) is 17.4 Å². The van der Waals surface area contributed by atoms with Crippen molar-refractivity contribution in [3.05, 3.63) is 63.0 Å². The summed E-state index contributed by atoms with van der Waals surface area (Å²) < 4.78 is 14.8. The van der Waals surface area contributed by atoms with Crippen LogP contribution in [0.25, 0.3) is 0 Å². The van der Waals surface area contributed by atoms with E-state index in [0.29, 0.717) is 50.0 Å². The highest BCUT2D eigenvalue weighted by molar-refractivity contribution is 7.07. The van der Waals surface area contributed by atoms with Crippen LogP contribution in [0.15, 0.2) is 50.6 Å². The van der Waals surface area contributed by atoms with Gasteiger partial charge in [0.05, 0.1) is 11.1 Å². The molecule has 2 aromatic rings. The topological polar surface area (TPSA) is 107 Å². The van der Waals surface area contributed by atoms with Crippen LogP contribution in [-0.4, -0.2) is 71.3 Å². The molecule has 9 nitrogen and oxygen atoms in total. The summed E-state index contributed by atoms with van der Waals surface area (Å²) in [5.74, 6) is -1.38. The van der Waals surface area contributed by atoms with Crippen molar-refractivity contribution in [1.82, 2.24) is 20.1 Å². The molecule has 0 aliphatic carbocycles. The number of hydrogen-bond donors (Lipinski definition) is 1. The molecule has 3 aliphatic heterocycles. The molecule has 0 radical (unpaired) electrons. The third-order valence-corrected chi connectivity index (χ3v) is 7.67. The van der Waals surface area contributed by atoms with Crippen molar-refractivity contribution in [1.29, 1.82) is 0 Å². The SMILES string of the molecule is CN(C(=O)c1cc(CC2N=NC(=O)C3=C2NCCC3)ccc1F)C1CCN(C(=O)c2cscn2)CC1. The van der Waals surface area contributed by atoms with E-state index in [0.717, 1.165) is 24.2 Å². The lowest BCUT2D eigenvalue weighted by Gasteiger charge is -2.36. The summed E-state index contributed by atoms with van der Waals surface area (Å²) in [6.07, 6.45) is 3.16. The Bertz CT molecular complexity index is 1240. The zero-order valence-corrected chi connectivity index (χ0v) is 20.8. The minimum Gasteiger partial charge on any atom is -0.386 e. The number of azo groups is 1. The molecule has 188 valence electrons. The van der Waals surface area contributed by atoms with Gasteiger partial charge in [0.2, 0.25) is 0 Å². The Balaban J connectivity index is 1.25. The zero-order valence-electron chi connectivity index (χ0n) is 19.9. The Kier molecular flexibility index (Phi) is 6.90. The second kappa shape index (κ2) is 10.3. The van der Waals surface area contributed by atoms with Crippen molar-refractivity contribution >= 4 is 29.1 Å². The van der Waals surface area contributed by atoms with Crippen molar-refractivity contribution < 1.29 is 18.8 Å². The number of likely N-dealkylation sites (tertiary alicyclic amines) is 1. The van der Waals surface area contributed by atoms with Gasteiger partial charge in [-0.25, -0.2) is 9.37 Å². The summed E-state index contributed by atoms with van der Waals surface area (Å²) in [7, 11) is 1.68. The molecule has 1 N–H and O–H groups in total. The van der Waals surface area contributed by atoms with Crippen molar-refractivity contribution in [2.45, 2.75) is 44.2 Å². The molecule has 3 amide bonds. The van der Waals surface area contributed by atoms with Gasteiger partial charge in [-0.2, -0.15) is 5.11 Å². The van der Waals surface area contributed by atoms with E-state index in [-0.39, 0.29) is 29.5 Å². The van der Waals surface area contributed by atoms with Crippen LogP contribution in [0.2, 0.25) is 0 Å². The van der Waals surface area contributed by atoms with E-state index < -0.39 is 11.7 Å². The minimum atomic E-state index is -0.581. The first-order valence-corrected chi connectivity index (χ1v) is 13.0. The number of carbonyl (C=O) groups is 3. The van der Waals surface area contributed by atoms with Crippen LogP contribution in [0.4, 0.5) is 4.39 Å². The fourth-order valence-electron chi connectivity index (χ4n) is 5.03. The van der Waals surface area contributed by atoms with E-state index in [4.69, 9.17) is 0 Å². The molecule has 1 atom stereocenters. The number of aromatic nitrogens is 1. The second-order valence-corrected chi connectivity index (χ2v) is 10.0. The first kappa shape index (κ1) is 24.2. The summed E-state index contributed by atoms with van der Waals surface area (Å²) in [6, 6.07) is 4.06. The number of amides is 3. The molecule has 1 saturated heterocycles. The molecule has 0 spiro atoms. The molecular formula is C25H27FN6O3S. The number of hydrogen-bond acceptors (Lipinski definition) is 7. The number of nitrogens with one attached hydrogen (secondary N) is 1. The van der Waals surface area contributed by atoms with Gasteiger partial charge in [-0.3, -0.25) is 14.4 Å². The van der Waals surface area contributed by atoms with Crippen molar-refractivity contribution in [2.24, 2.45) is 10.2 Å². The summed E-state index contributed by atoms with van der Waals surface area (Å²) >= 11 is 1.38. The summed E-state index contributed by atoms with van der Waals surface area (Å²) in [4.78, 5) is 45.3. The first-order chi connectivity index (χ1) is 17.4. The molecule has 0 saturated carbocycles. The third kappa shape index (κ3) is 4.79. The molecule has 5 rings (SSSR count). The van der Waals surface area contributed by atoms with Gasteiger partial charge in [-0.15, -0.1) is 16.5 Å². The molecule has 1 fully saturated rings. The Labute approximate surface area is 212 Å². The van der Waals surface area contributed by atoms with Gasteiger partial charge in [-0.1, -0.05) is 6.07 Å². The molecule has 1 aromatic carbocycles.